The highest BCUT2D eigenvalue weighted by Gasteiger charge is 2.25. The molecule has 1 aromatic carbocycles. The van der Waals surface area contributed by atoms with E-state index < -0.39 is 0 Å². The second kappa shape index (κ2) is 5.41. The van der Waals surface area contributed by atoms with Crippen LogP contribution in [0.25, 0.3) is 0 Å². The molecule has 0 saturated carbocycles. The molecule has 0 bridgehead atoms. The van der Waals surface area contributed by atoms with E-state index in [9.17, 15) is 5.11 Å². The molecule has 3 heteroatoms. The molecule has 0 radical (unpaired) electrons. The number of likely N-dealkylation sites (tertiary alicyclic amines) is 1. The van der Waals surface area contributed by atoms with Crippen LogP contribution in [0.3, 0.4) is 0 Å². The zero-order valence-corrected chi connectivity index (χ0v) is 10.9. The molecule has 1 aliphatic heterocycles. The Kier molecular flexibility index (Phi) is 3.47. The van der Waals surface area contributed by atoms with Crippen molar-refractivity contribution in [1.82, 2.24) is 9.88 Å². The number of phenolic OH excluding ortho intramolecular Hbond substituents is 1. The molecule has 0 amide bonds. The van der Waals surface area contributed by atoms with Gasteiger partial charge in [-0.25, -0.2) is 0 Å². The Morgan fingerprint density at radius 1 is 1.21 bits per heavy atom. The molecule has 19 heavy (non-hydrogen) atoms. The molecule has 1 fully saturated rings. The average Bonchev–Trinajstić information content (AvgIpc) is 2.88. The summed E-state index contributed by atoms with van der Waals surface area (Å²) in [6, 6.07) is 12.2. The Bertz CT molecular complexity index is 541. The number of aromatic nitrogens is 1. The monoisotopic (exact) mass is 254 g/mol. The first kappa shape index (κ1) is 12.2. The third-order valence-corrected chi connectivity index (χ3v) is 3.75. The van der Waals surface area contributed by atoms with E-state index in [2.05, 4.69) is 28.1 Å². The van der Waals surface area contributed by atoms with Gasteiger partial charge in [0.05, 0.1) is 0 Å². The summed E-state index contributed by atoms with van der Waals surface area (Å²) < 4.78 is 0. The minimum Gasteiger partial charge on any atom is -0.508 e. The molecule has 1 saturated heterocycles. The minimum atomic E-state index is 0.355. The van der Waals surface area contributed by atoms with E-state index in [0.29, 0.717) is 11.8 Å². The second-order valence-electron chi connectivity index (χ2n) is 5.08. The smallest absolute Gasteiger partial charge is 0.115 e. The van der Waals surface area contributed by atoms with Gasteiger partial charge in [0.25, 0.3) is 0 Å². The fourth-order valence-corrected chi connectivity index (χ4v) is 2.85. The number of hydrogen-bond acceptors (Lipinski definition) is 3. The highest BCUT2D eigenvalue weighted by Crippen LogP contribution is 2.34. The number of benzene rings is 1. The van der Waals surface area contributed by atoms with Gasteiger partial charge in [0.15, 0.2) is 0 Å². The molecule has 1 N–H and O–H groups in total. The molecule has 1 unspecified atom stereocenters. The molecule has 1 aromatic heterocycles. The zero-order valence-electron chi connectivity index (χ0n) is 10.9. The maximum atomic E-state index is 9.62. The van der Waals surface area contributed by atoms with Gasteiger partial charge >= 0.3 is 0 Å². The highest BCUT2D eigenvalue weighted by molar-refractivity contribution is 5.30. The topological polar surface area (TPSA) is 36.4 Å². The van der Waals surface area contributed by atoms with Crippen LogP contribution in [0.1, 0.15) is 30.0 Å². The van der Waals surface area contributed by atoms with Gasteiger partial charge in [-0.2, -0.15) is 0 Å². The standard InChI is InChI=1S/C16H18N2O/c19-15-4-1-3-14(11-15)16-5-2-10-18(16)12-13-6-8-17-9-7-13/h1,3-4,6-9,11,16,19H,2,5,10,12H2. The molecule has 3 nitrogen and oxygen atoms in total. The predicted octanol–water partition coefficient (Wildman–Crippen LogP) is 3.12. The SMILES string of the molecule is Oc1cccc(C2CCCN2Cc2ccncc2)c1. The van der Waals surface area contributed by atoms with Gasteiger partial charge in [0, 0.05) is 25.0 Å². The van der Waals surface area contributed by atoms with E-state index in [0.717, 1.165) is 19.5 Å². The molecule has 0 aliphatic carbocycles. The highest BCUT2D eigenvalue weighted by atomic mass is 16.3. The van der Waals surface area contributed by atoms with E-state index in [1.165, 1.54) is 17.5 Å². The molecule has 2 heterocycles. The Morgan fingerprint density at radius 3 is 2.84 bits per heavy atom. The summed E-state index contributed by atoms with van der Waals surface area (Å²) in [5.41, 5.74) is 2.51. The van der Waals surface area contributed by atoms with Crippen LogP contribution in [0.15, 0.2) is 48.8 Å². The van der Waals surface area contributed by atoms with Crippen LogP contribution in [0.2, 0.25) is 0 Å². The number of nitrogens with zero attached hydrogens (tertiary/aromatic N) is 2. The van der Waals surface area contributed by atoms with E-state index in [-0.39, 0.29) is 0 Å². The zero-order chi connectivity index (χ0) is 13.1. The summed E-state index contributed by atoms with van der Waals surface area (Å²) in [5.74, 6) is 0.355. The van der Waals surface area contributed by atoms with Crippen LogP contribution in [0.5, 0.6) is 5.75 Å². The van der Waals surface area contributed by atoms with Crippen LogP contribution in [-0.2, 0) is 6.54 Å². The van der Waals surface area contributed by atoms with Crippen molar-refractivity contribution in [3.8, 4) is 5.75 Å². The summed E-state index contributed by atoms with van der Waals surface area (Å²) in [7, 11) is 0. The van der Waals surface area contributed by atoms with Crippen LogP contribution in [0, 0.1) is 0 Å². The number of pyridine rings is 1. The number of rotatable bonds is 3. The van der Waals surface area contributed by atoms with Gasteiger partial charge in [-0.15, -0.1) is 0 Å². The molecule has 1 atom stereocenters. The summed E-state index contributed by atoms with van der Waals surface area (Å²) in [4.78, 5) is 6.53. The molecule has 98 valence electrons. The van der Waals surface area contributed by atoms with Crippen molar-refractivity contribution < 1.29 is 5.11 Å². The van der Waals surface area contributed by atoms with Gasteiger partial charge in [0.1, 0.15) is 5.75 Å². The first-order valence-corrected chi connectivity index (χ1v) is 6.75. The largest absolute Gasteiger partial charge is 0.508 e. The van der Waals surface area contributed by atoms with E-state index in [1.54, 1.807) is 6.07 Å². The normalized spacial score (nSPS) is 19.7. The second-order valence-corrected chi connectivity index (χ2v) is 5.08. The molecule has 3 rings (SSSR count). The molecule has 2 aromatic rings. The number of hydrogen-bond donors (Lipinski definition) is 1. The van der Waals surface area contributed by atoms with Crippen molar-refractivity contribution in [3.05, 3.63) is 59.9 Å². The van der Waals surface area contributed by atoms with Crippen LogP contribution >= 0.6 is 0 Å². The van der Waals surface area contributed by atoms with Crippen LogP contribution < -0.4 is 0 Å². The maximum Gasteiger partial charge on any atom is 0.115 e. The van der Waals surface area contributed by atoms with Gasteiger partial charge in [-0.1, -0.05) is 12.1 Å². The van der Waals surface area contributed by atoms with Crippen molar-refractivity contribution in [1.29, 1.82) is 0 Å². The predicted molar refractivity (Wildman–Crippen MR) is 74.7 cm³/mol. The Balaban J connectivity index is 1.78. The molecular weight excluding hydrogens is 236 g/mol. The maximum absolute atomic E-state index is 9.62. The third-order valence-electron chi connectivity index (χ3n) is 3.75. The van der Waals surface area contributed by atoms with Crippen molar-refractivity contribution in [3.63, 3.8) is 0 Å². The fourth-order valence-electron chi connectivity index (χ4n) is 2.85. The van der Waals surface area contributed by atoms with E-state index in [4.69, 9.17) is 0 Å². The lowest BCUT2D eigenvalue weighted by atomic mass is 10.0. The molecule has 0 spiro atoms. The minimum absolute atomic E-state index is 0.355. The van der Waals surface area contributed by atoms with Gasteiger partial charge < -0.3 is 5.11 Å². The Labute approximate surface area is 113 Å². The Hall–Kier alpha value is -1.87. The third kappa shape index (κ3) is 2.76. The fraction of sp³-hybridized carbons (Fsp3) is 0.312. The summed E-state index contributed by atoms with van der Waals surface area (Å²) >= 11 is 0. The van der Waals surface area contributed by atoms with E-state index >= 15 is 0 Å². The van der Waals surface area contributed by atoms with Crippen LogP contribution in [0.4, 0.5) is 0 Å². The van der Waals surface area contributed by atoms with Gasteiger partial charge in [-0.05, 0) is 54.8 Å². The summed E-state index contributed by atoms with van der Waals surface area (Å²) in [6.07, 6.45) is 6.06. The van der Waals surface area contributed by atoms with Crippen molar-refractivity contribution in [2.24, 2.45) is 0 Å². The van der Waals surface area contributed by atoms with Gasteiger partial charge in [0.2, 0.25) is 0 Å². The lowest BCUT2D eigenvalue weighted by molar-refractivity contribution is 0.248. The van der Waals surface area contributed by atoms with Crippen molar-refractivity contribution in [2.75, 3.05) is 6.54 Å². The first-order chi connectivity index (χ1) is 9.33. The lowest BCUT2D eigenvalue weighted by Crippen LogP contribution is -2.22. The summed E-state index contributed by atoms with van der Waals surface area (Å²) in [5, 5.41) is 9.62. The van der Waals surface area contributed by atoms with Crippen molar-refractivity contribution >= 4 is 0 Å². The van der Waals surface area contributed by atoms with Crippen LogP contribution in [-0.4, -0.2) is 21.5 Å². The quantitative estimate of drug-likeness (QED) is 0.914. The average molecular weight is 254 g/mol. The number of aromatic hydroxyl groups is 1. The van der Waals surface area contributed by atoms with E-state index in [1.807, 2.05) is 24.5 Å². The summed E-state index contributed by atoms with van der Waals surface area (Å²) in [6.45, 7) is 2.06. The Morgan fingerprint density at radius 2 is 2.05 bits per heavy atom. The lowest BCUT2D eigenvalue weighted by Gasteiger charge is -2.25. The first-order valence-electron chi connectivity index (χ1n) is 6.75. The number of phenols is 1. The van der Waals surface area contributed by atoms with Gasteiger partial charge in [-0.3, -0.25) is 9.88 Å². The molecular formula is C16H18N2O. The molecule has 1 aliphatic rings. The van der Waals surface area contributed by atoms with Crippen molar-refractivity contribution in [2.45, 2.75) is 25.4 Å².